The molecule has 1 heterocycles. The highest BCUT2D eigenvalue weighted by atomic mass is 32.2. The molecule has 170 valence electrons. The summed E-state index contributed by atoms with van der Waals surface area (Å²) in [5.74, 6) is 0.796. The summed E-state index contributed by atoms with van der Waals surface area (Å²) in [5.41, 5.74) is 3.24. The zero-order valence-corrected chi connectivity index (χ0v) is 19.0. The molecule has 32 heavy (non-hydrogen) atoms. The lowest BCUT2D eigenvalue weighted by Crippen LogP contribution is -2.45. The zero-order chi connectivity index (χ0) is 22.4. The Balaban J connectivity index is 1.37. The largest absolute Gasteiger partial charge is 0.760 e. The van der Waals surface area contributed by atoms with Gasteiger partial charge in [0.05, 0.1) is 13.4 Å². The van der Waals surface area contributed by atoms with Crippen molar-refractivity contribution in [2.45, 2.75) is 43.7 Å². The predicted molar refractivity (Wildman–Crippen MR) is 124 cm³/mol. The molecule has 0 saturated heterocycles. The van der Waals surface area contributed by atoms with Crippen molar-refractivity contribution in [1.82, 2.24) is 19.6 Å². The Labute approximate surface area is 191 Å². The number of nitrogens with zero attached hydrogens (tertiary/aromatic N) is 2. The van der Waals surface area contributed by atoms with E-state index in [0.717, 1.165) is 49.2 Å². The average molecular weight is 454 g/mol. The molecule has 3 aromatic rings. The second kappa shape index (κ2) is 10.4. The first-order valence-corrected chi connectivity index (χ1v) is 11.9. The molecule has 0 bridgehead atoms. The fourth-order valence-corrected chi connectivity index (χ4v) is 4.95. The van der Waals surface area contributed by atoms with E-state index in [0.29, 0.717) is 12.6 Å². The molecule has 1 fully saturated rings. The summed E-state index contributed by atoms with van der Waals surface area (Å²) in [7, 11) is 1.65. The monoisotopic (exact) mass is 453 g/mol. The van der Waals surface area contributed by atoms with E-state index in [-0.39, 0.29) is 5.41 Å². The number of ether oxygens (including phenoxy) is 1. The second-order valence-corrected chi connectivity index (χ2v) is 9.12. The summed E-state index contributed by atoms with van der Waals surface area (Å²) in [6, 6.07) is 16.9. The predicted octanol–water partition coefficient (Wildman–Crippen LogP) is 3.23. The highest BCUT2D eigenvalue weighted by Crippen LogP contribution is 2.40. The average Bonchev–Trinajstić information content (AvgIpc) is 3.37. The van der Waals surface area contributed by atoms with E-state index in [2.05, 4.69) is 45.4 Å². The highest BCUT2D eigenvalue weighted by Gasteiger charge is 2.37. The second-order valence-electron chi connectivity index (χ2n) is 8.36. The Morgan fingerprint density at radius 2 is 2.00 bits per heavy atom. The minimum atomic E-state index is -2.28. The number of methoxy groups -OCH3 is 1. The minimum absolute atomic E-state index is 0.223. The summed E-state index contributed by atoms with van der Waals surface area (Å²) in [6.07, 6.45) is 9.27. The summed E-state index contributed by atoms with van der Waals surface area (Å²) in [6.45, 7) is 1.21. The van der Waals surface area contributed by atoms with Gasteiger partial charge in [-0.15, -0.1) is 0 Å². The number of rotatable bonds is 9. The van der Waals surface area contributed by atoms with Crippen LogP contribution in [0.4, 0.5) is 0 Å². The van der Waals surface area contributed by atoms with Crippen molar-refractivity contribution in [2.75, 3.05) is 13.7 Å². The Morgan fingerprint density at radius 1 is 1.22 bits per heavy atom. The number of hydrogen-bond acceptors (Lipinski definition) is 5. The molecular weight excluding hydrogens is 424 g/mol. The third-order valence-electron chi connectivity index (χ3n) is 6.49. The lowest BCUT2D eigenvalue weighted by atomic mass is 9.68. The molecule has 0 aliphatic heterocycles. The molecule has 1 atom stereocenters. The number of hydrogen-bond donors (Lipinski definition) is 2. The van der Waals surface area contributed by atoms with E-state index < -0.39 is 11.3 Å². The smallest absolute Gasteiger partial charge is 0.119 e. The topological polar surface area (TPSA) is 91.2 Å². The van der Waals surface area contributed by atoms with Crippen LogP contribution < -0.4 is 14.8 Å². The van der Waals surface area contributed by atoms with Gasteiger partial charge in [-0.2, -0.15) is 0 Å². The quantitative estimate of drug-likeness (QED) is 0.486. The summed E-state index contributed by atoms with van der Waals surface area (Å²) in [5, 5.41) is 3.68. The normalized spacial score (nSPS) is 21.9. The maximum absolute atomic E-state index is 11.2. The summed E-state index contributed by atoms with van der Waals surface area (Å²) in [4.78, 5) is 4.09. The molecule has 1 aromatic heterocycles. The van der Waals surface area contributed by atoms with E-state index in [1.807, 2.05) is 29.0 Å². The maximum Gasteiger partial charge on any atom is 0.119 e. The van der Waals surface area contributed by atoms with Gasteiger partial charge < -0.3 is 19.2 Å². The van der Waals surface area contributed by atoms with Gasteiger partial charge in [0, 0.05) is 53.9 Å². The zero-order valence-electron chi connectivity index (χ0n) is 18.2. The van der Waals surface area contributed by atoms with Gasteiger partial charge in [0.1, 0.15) is 5.75 Å². The molecule has 1 unspecified atom stereocenters. The molecule has 1 saturated carbocycles. The van der Waals surface area contributed by atoms with Crippen LogP contribution in [0.15, 0.2) is 67.3 Å². The lowest BCUT2D eigenvalue weighted by molar-refractivity contribution is 0.244. The van der Waals surface area contributed by atoms with E-state index >= 15 is 0 Å². The summed E-state index contributed by atoms with van der Waals surface area (Å²) < 4.78 is 32.4. The third kappa shape index (κ3) is 5.45. The number of aromatic nitrogens is 2. The van der Waals surface area contributed by atoms with E-state index in [9.17, 15) is 8.76 Å². The van der Waals surface area contributed by atoms with Crippen molar-refractivity contribution in [1.29, 1.82) is 0 Å². The maximum atomic E-state index is 11.2. The van der Waals surface area contributed by atoms with Gasteiger partial charge in [-0.1, -0.05) is 24.3 Å². The molecule has 0 radical (unpaired) electrons. The molecule has 7 nitrogen and oxygen atoms in total. The molecule has 0 spiro atoms. The Bertz CT molecular complexity index is 1020. The fourth-order valence-electron chi connectivity index (χ4n) is 4.55. The van der Waals surface area contributed by atoms with Gasteiger partial charge in [0.25, 0.3) is 0 Å². The molecule has 4 rings (SSSR count). The first-order valence-electron chi connectivity index (χ1n) is 10.9. The number of imidazole rings is 1. The van der Waals surface area contributed by atoms with Gasteiger partial charge in [0.2, 0.25) is 0 Å². The van der Waals surface area contributed by atoms with Crippen LogP contribution >= 0.6 is 0 Å². The van der Waals surface area contributed by atoms with Gasteiger partial charge in [-0.05, 0) is 61.1 Å². The van der Waals surface area contributed by atoms with Crippen molar-refractivity contribution in [2.24, 2.45) is 0 Å². The molecule has 2 N–H and O–H groups in total. The van der Waals surface area contributed by atoms with Gasteiger partial charge >= 0.3 is 0 Å². The van der Waals surface area contributed by atoms with Crippen molar-refractivity contribution in [3.05, 3.63) is 78.4 Å². The van der Waals surface area contributed by atoms with Crippen LogP contribution in [0.1, 0.15) is 36.8 Å². The van der Waals surface area contributed by atoms with Crippen LogP contribution in [0.2, 0.25) is 0 Å². The van der Waals surface area contributed by atoms with Gasteiger partial charge in [0.15, 0.2) is 0 Å². The first kappa shape index (κ1) is 22.7. The van der Waals surface area contributed by atoms with E-state index in [4.69, 9.17) is 4.74 Å². The highest BCUT2D eigenvalue weighted by molar-refractivity contribution is 7.77. The molecule has 2 aromatic carbocycles. The molecular formula is C24H29N4O3S-. The number of benzene rings is 2. The Hall–Kier alpha value is -2.52. The van der Waals surface area contributed by atoms with Crippen LogP contribution in [-0.4, -0.2) is 38.0 Å². The molecule has 0 amide bonds. The standard InChI is InChI=1S/C24H30N4O3S/c1-31-23-4-2-3-20(15-23)24(17-27-32(29)30)11-9-21(10-12-24)26-16-19-5-7-22(8-6-19)28-14-13-25-18-28/h2-8,13-15,18,21,26-27H,9-12,16-17H2,1H3,(H,29,30)/p-1. The van der Waals surface area contributed by atoms with Crippen LogP contribution in [-0.2, 0) is 23.2 Å². The minimum Gasteiger partial charge on any atom is -0.760 e. The van der Waals surface area contributed by atoms with Crippen molar-refractivity contribution in [3.8, 4) is 11.4 Å². The van der Waals surface area contributed by atoms with Crippen LogP contribution in [0.5, 0.6) is 5.75 Å². The Morgan fingerprint density at radius 3 is 2.66 bits per heavy atom. The molecule has 8 heteroatoms. The Kier molecular flexibility index (Phi) is 7.36. The van der Waals surface area contributed by atoms with Gasteiger partial charge in [-0.25, -0.2) is 9.71 Å². The fraction of sp³-hybridized carbons (Fsp3) is 0.375. The van der Waals surface area contributed by atoms with Crippen molar-refractivity contribution >= 4 is 11.3 Å². The van der Waals surface area contributed by atoms with Gasteiger partial charge in [-0.3, -0.25) is 4.21 Å². The van der Waals surface area contributed by atoms with Crippen LogP contribution in [0, 0.1) is 0 Å². The molecule has 1 aliphatic carbocycles. The van der Waals surface area contributed by atoms with E-state index in [1.54, 1.807) is 19.6 Å². The van der Waals surface area contributed by atoms with Crippen molar-refractivity contribution < 1.29 is 13.5 Å². The van der Waals surface area contributed by atoms with Crippen molar-refractivity contribution in [3.63, 3.8) is 0 Å². The lowest BCUT2D eigenvalue weighted by Gasteiger charge is -2.41. The van der Waals surface area contributed by atoms with Crippen LogP contribution in [0.3, 0.4) is 0 Å². The number of nitrogens with one attached hydrogen (secondary N) is 2. The van der Waals surface area contributed by atoms with Crippen LogP contribution in [0.25, 0.3) is 5.69 Å². The summed E-state index contributed by atoms with van der Waals surface area (Å²) >= 11 is -2.28. The SMILES string of the molecule is COc1cccc(C2(CNS(=O)[O-])CCC(NCc3ccc(-n4ccnc4)cc3)CC2)c1. The molecule has 1 aliphatic rings. The van der Waals surface area contributed by atoms with E-state index in [1.165, 1.54) is 5.56 Å². The first-order chi connectivity index (χ1) is 15.6. The third-order valence-corrected chi connectivity index (χ3v) is 6.87.